The van der Waals surface area contributed by atoms with Gasteiger partial charge in [-0.15, -0.1) is 0 Å². The number of aromatic nitrogens is 2. The molecule has 1 aliphatic heterocycles. The van der Waals surface area contributed by atoms with Crippen LogP contribution in [0.1, 0.15) is 38.4 Å². The van der Waals surface area contributed by atoms with Crippen molar-refractivity contribution in [3.63, 3.8) is 0 Å². The van der Waals surface area contributed by atoms with Gasteiger partial charge in [0.2, 0.25) is 10.0 Å². The highest BCUT2D eigenvalue weighted by Crippen LogP contribution is 2.37. The highest BCUT2D eigenvalue weighted by Gasteiger charge is 2.44. The Morgan fingerprint density at radius 1 is 1.26 bits per heavy atom. The quantitative estimate of drug-likeness (QED) is 0.766. The SMILES string of the molecule is CC(C)Cc1noc(C2(F)CCN(S(=O)(=O)c3ccc(F)cc3F)CC2)n1. The van der Waals surface area contributed by atoms with E-state index >= 15 is 4.39 Å². The molecule has 1 aliphatic rings. The fourth-order valence-corrected chi connectivity index (χ4v) is 4.49. The smallest absolute Gasteiger partial charge is 0.264 e. The van der Waals surface area contributed by atoms with Crippen LogP contribution in [0.4, 0.5) is 13.2 Å². The maximum Gasteiger partial charge on any atom is 0.264 e. The molecule has 0 aliphatic carbocycles. The van der Waals surface area contributed by atoms with Gasteiger partial charge in [-0.2, -0.15) is 9.29 Å². The monoisotopic (exact) mass is 403 g/mol. The van der Waals surface area contributed by atoms with Crippen molar-refractivity contribution in [2.75, 3.05) is 13.1 Å². The minimum atomic E-state index is -4.19. The lowest BCUT2D eigenvalue weighted by Gasteiger charge is -2.33. The highest BCUT2D eigenvalue weighted by molar-refractivity contribution is 7.89. The average Bonchev–Trinajstić information content (AvgIpc) is 3.03. The Bertz CT molecular complexity index is 923. The number of rotatable bonds is 5. The number of alkyl halides is 1. The molecule has 0 atom stereocenters. The molecule has 27 heavy (non-hydrogen) atoms. The van der Waals surface area contributed by atoms with E-state index in [1.807, 2.05) is 13.8 Å². The first-order valence-electron chi connectivity index (χ1n) is 8.59. The van der Waals surface area contributed by atoms with E-state index in [1.54, 1.807) is 0 Å². The summed E-state index contributed by atoms with van der Waals surface area (Å²) in [6.07, 6.45) is 0.153. The standard InChI is InChI=1S/C17H20F3N3O3S/c1-11(2)9-15-21-16(26-22-15)17(20)5-7-23(8-6-17)27(24,25)14-4-3-12(18)10-13(14)19/h3-4,10-11H,5-9H2,1-2H3. The maximum absolute atomic E-state index is 15.2. The van der Waals surface area contributed by atoms with Gasteiger partial charge in [0.05, 0.1) is 0 Å². The Kier molecular flexibility index (Phi) is 5.31. The van der Waals surface area contributed by atoms with Crippen LogP contribution in [-0.2, 0) is 22.1 Å². The van der Waals surface area contributed by atoms with Gasteiger partial charge in [-0.3, -0.25) is 0 Å². The zero-order chi connectivity index (χ0) is 19.8. The second kappa shape index (κ2) is 7.23. The van der Waals surface area contributed by atoms with Crippen LogP contribution in [0.3, 0.4) is 0 Å². The fraction of sp³-hybridized carbons (Fsp3) is 0.529. The summed E-state index contributed by atoms with van der Waals surface area (Å²) in [5.74, 6) is -1.53. The lowest BCUT2D eigenvalue weighted by molar-refractivity contribution is 0.0510. The molecule has 1 fully saturated rings. The number of hydrogen-bond acceptors (Lipinski definition) is 5. The largest absolute Gasteiger partial charge is 0.336 e. The molecular formula is C17H20F3N3O3S. The predicted molar refractivity (Wildman–Crippen MR) is 90.0 cm³/mol. The molecule has 0 bridgehead atoms. The molecule has 0 N–H and O–H groups in total. The van der Waals surface area contributed by atoms with E-state index in [0.717, 1.165) is 16.4 Å². The molecule has 1 saturated heterocycles. The first kappa shape index (κ1) is 19.8. The van der Waals surface area contributed by atoms with Gasteiger partial charge in [-0.1, -0.05) is 19.0 Å². The molecule has 0 amide bonds. The summed E-state index contributed by atoms with van der Waals surface area (Å²) in [7, 11) is -4.19. The van der Waals surface area contributed by atoms with Crippen molar-refractivity contribution in [3.8, 4) is 0 Å². The second-order valence-electron chi connectivity index (χ2n) is 7.06. The van der Waals surface area contributed by atoms with Crippen LogP contribution in [0.25, 0.3) is 0 Å². The summed E-state index contributed by atoms with van der Waals surface area (Å²) in [6.45, 7) is 3.58. The third kappa shape index (κ3) is 4.01. The van der Waals surface area contributed by atoms with Crippen LogP contribution >= 0.6 is 0 Å². The van der Waals surface area contributed by atoms with E-state index in [4.69, 9.17) is 4.52 Å². The van der Waals surface area contributed by atoms with Gasteiger partial charge in [0, 0.05) is 38.4 Å². The number of nitrogens with zero attached hydrogens (tertiary/aromatic N) is 3. The zero-order valence-electron chi connectivity index (χ0n) is 15.0. The molecule has 10 heteroatoms. The second-order valence-corrected chi connectivity index (χ2v) is 8.96. The molecule has 2 aromatic rings. The highest BCUT2D eigenvalue weighted by atomic mass is 32.2. The van der Waals surface area contributed by atoms with Gasteiger partial charge in [0.15, 0.2) is 11.5 Å². The Hall–Kier alpha value is -1.94. The molecule has 0 spiro atoms. The Morgan fingerprint density at radius 3 is 2.52 bits per heavy atom. The van der Waals surface area contributed by atoms with E-state index in [-0.39, 0.29) is 37.7 Å². The van der Waals surface area contributed by atoms with Crippen LogP contribution in [0.2, 0.25) is 0 Å². The number of benzene rings is 1. The van der Waals surface area contributed by atoms with Crippen molar-refractivity contribution in [3.05, 3.63) is 41.5 Å². The first-order chi connectivity index (χ1) is 12.6. The van der Waals surface area contributed by atoms with Gasteiger partial charge in [0.1, 0.15) is 16.5 Å². The molecule has 0 unspecified atom stereocenters. The topological polar surface area (TPSA) is 76.3 Å². The lowest BCUT2D eigenvalue weighted by atomic mass is 9.94. The fourth-order valence-electron chi connectivity index (χ4n) is 3.00. The van der Waals surface area contributed by atoms with E-state index < -0.39 is 32.2 Å². The predicted octanol–water partition coefficient (Wildman–Crippen LogP) is 3.20. The normalized spacial score (nSPS) is 18.1. The molecular weight excluding hydrogens is 383 g/mol. The molecule has 0 radical (unpaired) electrons. The van der Waals surface area contributed by atoms with Gasteiger partial charge in [-0.05, 0) is 18.1 Å². The van der Waals surface area contributed by atoms with E-state index in [0.29, 0.717) is 18.3 Å². The number of hydrogen-bond donors (Lipinski definition) is 0. The molecule has 0 saturated carbocycles. The van der Waals surface area contributed by atoms with Crippen molar-refractivity contribution in [2.24, 2.45) is 5.92 Å². The Balaban J connectivity index is 1.75. The maximum atomic E-state index is 15.2. The minimum absolute atomic E-state index is 0.164. The molecule has 2 heterocycles. The summed E-state index contributed by atoms with van der Waals surface area (Å²) < 4.78 is 73.3. The summed E-state index contributed by atoms with van der Waals surface area (Å²) >= 11 is 0. The van der Waals surface area contributed by atoms with Crippen LogP contribution in [0.15, 0.2) is 27.6 Å². The number of sulfonamides is 1. The van der Waals surface area contributed by atoms with Crippen molar-refractivity contribution >= 4 is 10.0 Å². The van der Waals surface area contributed by atoms with Gasteiger partial charge in [0.25, 0.3) is 5.89 Å². The third-order valence-electron chi connectivity index (χ3n) is 4.47. The van der Waals surface area contributed by atoms with Crippen molar-refractivity contribution in [2.45, 2.75) is 43.7 Å². The average molecular weight is 403 g/mol. The molecule has 6 nitrogen and oxygen atoms in total. The molecule has 1 aromatic carbocycles. The van der Waals surface area contributed by atoms with Crippen LogP contribution in [0, 0.1) is 17.6 Å². The number of halogens is 3. The molecule has 148 valence electrons. The summed E-state index contributed by atoms with van der Waals surface area (Å²) in [4.78, 5) is 3.46. The zero-order valence-corrected chi connectivity index (χ0v) is 15.8. The first-order valence-corrected chi connectivity index (χ1v) is 10.0. The Labute approximate surface area is 155 Å². The lowest BCUT2D eigenvalue weighted by Crippen LogP contribution is -2.43. The summed E-state index contributed by atoms with van der Waals surface area (Å²) in [6, 6.07) is 2.24. The van der Waals surface area contributed by atoms with Gasteiger partial charge < -0.3 is 4.52 Å². The van der Waals surface area contributed by atoms with Crippen LogP contribution < -0.4 is 0 Å². The van der Waals surface area contributed by atoms with E-state index in [2.05, 4.69) is 10.1 Å². The van der Waals surface area contributed by atoms with Crippen LogP contribution in [-0.4, -0.2) is 36.0 Å². The molecule has 1 aromatic heterocycles. The van der Waals surface area contributed by atoms with E-state index in [1.165, 1.54) is 0 Å². The van der Waals surface area contributed by atoms with Crippen molar-refractivity contribution < 1.29 is 26.1 Å². The van der Waals surface area contributed by atoms with Crippen molar-refractivity contribution in [1.29, 1.82) is 0 Å². The van der Waals surface area contributed by atoms with E-state index in [9.17, 15) is 17.2 Å². The van der Waals surface area contributed by atoms with Gasteiger partial charge >= 0.3 is 0 Å². The number of piperidine rings is 1. The van der Waals surface area contributed by atoms with Crippen molar-refractivity contribution in [1.82, 2.24) is 14.4 Å². The third-order valence-corrected chi connectivity index (χ3v) is 6.40. The Morgan fingerprint density at radius 2 is 1.93 bits per heavy atom. The van der Waals surface area contributed by atoms with Crippen LogP contribution in [0.5, 0.6) is 0 Å². The summed E-state index contributed by atoms with van der Waals surface area (Å²) in [5.41, 5.74) is -1.93. The van der Waals surface area contributed by atoms with Gasteiger partial charge in [-0.25, -0.2) is 21.6 Å². The minimum Gasteiger partial charge on any atom is -0.336 e. The summed E-state index contributed by atoms with van der Waals surface area (Å²) in [5, 5.41) is 3.77. The molecule has 3 rings (SSSR count).